The minimum Gasteiger partial charge on any atom is -0.388 e. The number of rotatable bonds is 3. The minimum absolute atomic E-state index is 0.326. The maximum Gasteiger partial charge on any atom is 0.143 e. The molecule has 1 saturated carbocycles. The molecule has 88 valence electrons. The van der Waals surface area contributed by atoms with Crippen LogP contribution < -0.4 is 0 Å². The van der Waals surface area contributed by atoms with Crippen molar-refractivity contribution in [1.82, 2.24) is 0 Å². The summed E-state index contributed by atoms with van der Waals surface area (Å²) >= 11 is 3.14. The first-order valence-corrected chi connectivity index (χ1v) is 6.59. The quantitative estimate of drug-likeness (QED) is 0.883. The van der Waals surface area contributed by atoms with Crippen molar-refractivity contribution < 1.29 is 9.50 Å². The Morgan fingerprint density at radius 2 is 2.06 bits per heavy atom. The summed E-state index contributed by atoms with van der Waals surface area (Å²) < 4.78 is 14.1. The molecule has 1 unspecified atom stereocenters. The number of aliphatic hydroxyl groups excluding tert-OH is 1. The lowest BCUT2D eigenvalue weighted by Gasteiger charge is -2.16. The van der Waals surface area contributed by atoms with Crippen molar-refractivity contribution in [3.63, 3.8) is 0 Å². The number of hydrogen-bond donors (Lipinski definition) is 1. The van der Waals surface area contributed by atoms with Gasteiger partial charge < -0.3 is 5.11 Å². The van der Waals surface area contributed by atoms with Crippen LogP contribution in [0.4, 0.5) is 4.39 Å². The van der Waals surface area contributed by atoms with Gasteiger partial charge in [0, 0.05) is 5.56 Å². The normalized spacial score (nSPS) is 18.9. The van der Waals surface area contributed by atoms with Crippen LogP contribution in [-0.4, -0.2) is 5.11 Å². The van der Waals surface area contributed by atoms with Crippen LogP contribution in [-0.2, 0) is 0 Å². The minimum atomic E-state index is -0.666. The molecule has 3 heteroatoms. The summed E-state index contributed by atoms with van der Waals surface area (Å²) in [5, 5.41) is 10.0. The van der Waals surface area contributed by atoms with Gasteiger partial charge >= 0.3 is 0 Å². The molecule has 1 aromatic rings. The van der Waals surface area contributed by atoms with Crippen molar-refractivity contribution in [2.45, 2.75) is 38.2 Å². The fourth-order valence-electron chi connectivity index (χ4n) is 2.47. The van der Waals surface area contributed by atoms with E-state index >= 15 is 0 Å². The van der Waals surface area contributed by atoms with E-state index in [4.69, 9.17) is 0 Å². The van der Waals surface area contributed by atoms with Gasteiger partial charge in [-0.1, -0.05) is 37.8 Å². The van der Waals surface area contributed by atoms with E-state index in [-0.39, 0.29) is 5.82 Å². The van der Waals surface area contributed by atoms with E-state index in [1.54, 1.807) is 18.2 Å². The van der Waals surface area contributed by atoms with Crippen molar-refractivity contribution >= 4 is 15.9 Å². The highest BCUT2D eigenvalue weighted by Gasteiger charge is 2.22. The van der Waals surface area contributed by atoms with E-state index < -0.39 is 6.10 Å². The van der Waals surface area contributed by atoms with E-state index in [1.165, 1.54) is 25.7 Å². The van der Waals surface area contributed by atoms with E-state index in [0.29, 0.717) is 22.4 Å². The molecule has 0 radical (unpaired) electrons. The Morgan fingerprint density at radius 3 is 2.75 bits per heavy atom. The van der Waals surface area contributed by atoms with Gasteiger partial charge in [-0.25, -0.2) is 4.39 Å². The van der Waals surface area contributed by atoms with Crippen molar-refractivity contribution in [3.05, 3.63) is 34.1 Å². The second-order valence-electron chi connectivity index (χ2n) is 4.55. The third kappa shape index (κ3) is 2.64. The monoisotopic (exact) mass is 286 g/mol. The third-order valence-electron chi connectivity index (χ3n) is 3.37. The topological polar surface area (TPSA) is 20.2 Å². The molecule has 1 nitrogen and oxygen atoms in total. The van der Waals surface area contributed by atoms with Crippen molar-refractivity contribution in [2.75, 3.05) is 0 Å². The fraction of sp³-hybridized carbons (Fsp3) is 0.538. The maximum atomic E-state index is 13.7. The molecular formula is C13H16BrFO. The van der Waals surface area contributed by atoms with Gasteiger partial charge in [0.2, 0.25) is 0 Å². The second kappa shape index (κ2) is 5.28. The summed E-state index contributed by atoms with van der Waals surface area (Å²) in [5.41, 5.74) is 0.418. The van der Waals surface area contributed by atoms with E-state index in [0.717, 1.165) is 0 Å². The second-order valence-corrected chi connectivity index (χ2v) is 5.40. The number of halogens is 2. The van der Waals surface area contributed by atoms with Gasteiger partial charge in [0.15, 0.2) is 0 Å². The zero-order valence-electron chi connectivity index (χ0n) is 9.13. The molecule has 1 atom stereocenters. The van der Waals surface area contributed by atoms with Gasteiger partial charge in [0.1, 0.15) is 5.82 Å². The van der Waals surface area contributed by atoms with E-state index in [9.17, 15) is 9.50 Å². The number of benzene rings is 1. The molecule has 1 N–H and O–H groups in total. The highest BCUT2D eigenvalue weighted by molar-refractivity contribution is 9.10. The highest BCUT2D eigenvalue weighted by Crippen LogP contribution is 2.34. The molecule has 0 saturated heterocycles. The predicted molar refractivity (Wildman–Crippen MR) is 65.6 cm³/mol. The Hall–Kier alpha value is -0.410. The molecule has 1 aliphatic rings. The predicted octanol–water partition coefficient (Wildman–Crippen LogP) is 4.20. The summed E-state index contributed by atoms with van der Waals surface area (Å²) in [6.07, 6.45) is 4.87. The van der Waals surface area contributed by atoms with E-state index in [2.05, 4.69) is 15.9 Å². The van der Waals surface area contributed by atoms with E-state index in [1.807, 2.05) is 0 Å². The van der Waals surface area contributed by atoms with Crippen LogP contribution in [0.5, 0.6) is 0 Å². The lowest BCUT2D eigenvalue weighted by molar-refractivity contribution is 0.140. The van der Waals surface area contributed by atoms with Crippen LogP contribution in [0.2, 0.25) is 0 Å². The maximum absolute atomic E-state index is 13.7. The molecule has 0 heterocycles. The van der Waals surface area contributed by atoms with Crippen LogP contribution in [0.15, 0.2) is 22.7 Å². The van der Waals surface area contributed by atoms with Gasteiger partial charge in [-0.3, -0.25) is 0 Å². The Balaban J connectivity index is 2.07. The summed E-state index contributed by atoms with van der Waals surface area (Å²) in [5.74, 6) is 0.237. The van der Waals surface area contributed by atoms with Crippen LogP contribution in [0.1, 0.15) is 43.8 Å². The Labute approximate surface area is 104 Å². The van der Waals surface area contributed by atoms with Gasteiger partial charge in [-0.2, -0.15) is 0 Å². The third-order valence-corrected chi connectivity index (χ3v) is 3.98. The number of hydrogen-bond acceptors (Lipinski definition) is 1. The largest absolute Gasteiger partial charge is 0.388 e. The lowest BCUT2D eigenvalue weighted by atomic mass is 9.95. The first-order chi connectivity index (χ1) is 7.68. The van der Waals surface area contributed by atoms with Crippen molar-refractivity contribution in [3.8, 4) is 0 Å². The van der Waals surface area contributed by atoms with Crippen LogP contribution >= 0.6 is 15.9 Å². The molecule has 0 amide bonds. The first kappa shape index (κ1) is 12.1. The SMILES string of the molecule is OC(CC1CCCC1)c1cccc(Br)c1F. The van der Waals surface area contributed by atoms with Crippen LogP contribution in [0.25, 0.3) is 0 Å². The standard InChI is InChI=1S/C13H16BrFO/c14-11-7-3-6-10(13(11)15)12(16)8-9-4-1-2-5-9/h3,6-7,9,12,16H,1-2,4-5,8H2. The molecule has 2 rings (SSSR count). The zero-order chi connectivity index (χ0) is 11.5. The average Bonchev–Trinajstić information content (AvgIpc) is 2.74. The summed E-state index contributed by atoms with van der Waals surface area (Å²) in [6, 6.07) is 5.08. The molecule has 16 heavy (non-hydrogen) atoms. The summed E-state index contributed by atoms with van der Waals surface area (Å²) in [4.78, 5) is 0. The van der Waals surface area contributed by atoms with Gasteiger partial charge in [-0.05, 0) is 34.3 Å². The summed E-state index contributed by atoms with van der Waals surface area (Å²) in [7, 11) is 0. The first-order valence-electron chi connectivity index (χ1n) is 5.80. The molecule has 1 aromatic carbocycles. The van der Waals surface area contributed by atoms with Crippen molar-refractivity contribution in [1.29, 1.82) is 0 Å². The van der Waals surface area contributed by atoms with Gasteiger partial charge in [-0.15, -0.1) is 0 Å². The van der Waals surface area contributed by atoms with Crippen molar-refractivity contribution in [2.24, 2.45) is 5.92 Å². The highest BCUT2D eigenvalue weighted by atomic mass is 79.9. The Morgan fingerprint density at radius 1 is 1.38 bits per heavy atom. The molecular weight excluding hydrogens is 271 g/mol. The number of aliphatic hydroxyl groups is 1. The molecule has 0 aromatic heterocycles. The lowest BCUT2D eigenvalue weighted by Crippen LogP contribution is -2.06. The molecule has 1 aliphatic carbocycles. The molecule has 1 fully saturated rings. The Bertz CT molecular complexity index is 361. The van der Waals surface area contributed by atoms with Gasteiger partial charge in [0.25, 0.3) is 0 Å². The summed E-state index contributed by atoms with van der Waals surface area (Å²) in [6.45, 7) is 0. The Kier molecular flexibility index (Phi) is 3.98. The average molecular weight is 287 g/mol. The van der Waals surface area contributed by atoms with Crippen LogP contribution in [0.3, 0.4) is 0 Å². The van der Waals surface area contributed by atoms with Gasteiger partial charge in [0.05, 0.1) is 10.6 Å². The fourth-order valence-corrected chi connectivity index (χ4v) is 2.85. The zero-order valence-corrected chi connectivity index (χ0v) is 10.7. The molecule has 0 bridgehead atoms. The van der Waals surface area contributed by atoms with Crippen LogP contribution in [0, 0.1) is 11.7 Å². The molecule has 0 spiro atoms. The molecule has 0 aliphatic heterocycles. The smallest absolute Gasteiger partial charge is 0.143 e.